The van der Waals surface area contributed by atoms with E-state index in [0.29, 0.717) is 12.6 Å². The van der Waals surface area contributed by atoms with E-state index in [1.54, 1.807) is 6.07 Å². The number of hydrogen-bond acceptors (Lipinski definition) is 2. The lowest BCUT2D eigenvalue weighted by molar-refractivity contribution is 0.0960. The maximum Gasteiger partial charge on any atom is 0.159 e. The number of likely N-dealkylation sites (tertiary alicyclic amines) is 1. The van der Waals surface area contributed by atoms with Crippen molar-refractivity contribution in [3.05, 3.63) is 35.4 Å². The van der Waals surface area contributed by atoms with E-state index in [4.69, 9.17) is 0 Å². The van der Waals surface area contributed by atoms with Crippen LogP contribution >= 0.6 is 0 Å². The molecule has 0 spiro atoms. The number of hydrogen-bond donors (Lipinski definition) is 1. The molecule has 2 nitrogen and oxygen atoms in total. The fourth-order valence-electron chi connectivity index (χ4n) is 2.67. The van der Waals surface area contributed by atoms with Gasteiger partial charge in [-0.25, -0.2) is 8.78 Å². The molecular formula is C16H24F2N2. The van der Waals surface area contributed by atoms with Crippen LogP contribution < -0.4 is 5.32 Å². The van der Waals surface area contributed by atoms with Crippen LogP contribution in [0.4, 0.5) is 8.78 Å². The van der Waals surface area contributed by atoms with Gasteiger partial charge in [0.15, 0.2) is 11.6 Å². The summed E-state index contributed by atoms with van der Waals surface area (Å²) >= 11 is 0. The van der Waals surface area contributed by atoms with Crippen molar-refractivity contribution in [1.29, 1.82) is 0 Å². The molecule has 0 aliphatic carbocycles. The van der Waals surface area contributed by atoms with Crippen molar-refractivity contribution in [1.82, 2.24) is 10.2 Å². The summed E-state index contributed by atoms with van der Waals surface area (Å²) in [5.74, 6) is -1.56. The van der Waals surface area contributed by atoms with Gasteiger partial charge in [-0.05, 0) is 51.3 Å². The molecule has 1 saturated heterocycles. The van der Waals surface area contributed by atoms with Gasteiger partial charge in [-0.3, -0.25) is 4.90 Å². The van der Waals surface area contributed by atoms with Crippen molar-refractivity contribution in [2.75, 3.05) is 13.1 Å². The first-order chi connectivity index (χ1) is 9.36. The van der Waals surface area contributed by atoms with Crippen LogP contribution in [0.5, 0.6) is 0 Å². The quantitative estimate of drug-likeness (QED) is 0.915. The first-order valence-corrected chi connectivity index (χ1v) is 7.28. The molecule has 4 heteroatoms. The highest BCUT2D eigenvalue weighted by Gasteiger charge is 2.26. The second-order valence-corrected chi connectivity index (χ2v) is 6.56. The van der Waals surface area contributed by atoms with Crippen LogP contribution in [0.2, 0.25) is 0 Å². The third kappa shape index (κ3) is 4.00. The highest BCUT2D eigenvalue weighted by atomic mass is 19.2. The molecule has 0 radical (unpaired) electrons. The van der Waals surface area contributed by atoms with E-state index in [9.17, 15) is 8.78 Å². The predicted octanol–water partition coefficient (Wildman–Crippen LogP) is 3.32. The van der Waals surface area contributed by atoms with Gasteiger partial charge in [0.2, 0.25) is 0 Å². The van der Waals surface area contributed by atoms with Gasteiger partial charge in [0.1, 0.15) is 0 Å². The van der Waals surface area contributed by atoms with E-state index >= 15 is 0 Å². The molecule has 20 heavy (non-hydrogen) atoms. The second kappa shape index (κ2) is 6.19. The summed E-state index contributed by atoms with van der Waals surface area (Å²) < 4.78 is 26.0. The molecule has 1 heterocycles. The molecule has 0 amide bonds. The summed E-state index contributed by atoms with van der Waals surface area (Å²) in [6.45, 7) is 9.47. The number of nitrogens with one attached hydrogen (secondary N) is 1. The maximum absolute atomic E-state index is 13.1. The molecule has 0 aromatic heterocycles. The average molecular weight is 282 g/mol. The molecule has 1 aliphatic rings. The fraction of sp³-hybridized carbons (Fsp3) is 0.625. The molecule has 2 rings (SSSR count). The van der Waals surface area contributed by atoms with Gasteiger partial charge in [0.05, 0.1) is 0 Å². The molecular weight excluding hydrogens is 258 g/mol. The molecule has 1 aromatic carbocycles. The summed E-state index contributed by atoms with van der Waals surface area (Å²) in [6, 6.07) is 4.55. The maximum atomic E-state index is 13.1. The lowest BCUT2D eigenvalue weighted by Gasteiger charge is -2.41. The standard InChI is InChI=1S/C16H24F2N2/c1-16(2,3)20-8-6-13(7-9-20)19-11-12-4-5-14(17)15(18)10-12/h4-5,10,13,19H,6-9,11H2,1-3H3. The van der Waals surface area contributed by atoms with E-state index in [1.165, 1.54) is 12.1 Å². The fourth-order valence-corrected chi connectivity index (χ4v) is 2.67. The molecule has 0 saturated carbocycles. The highest BCUT2D eigenvalue weighted by Crippen LogP contribution is 2.20. The van der Waals surface area contributed by atoms with Crippen LogP contribution in [0, 0.1) is 11.6 Å². The number of rotatable bonds is 3. The third-order valence-electron chi connectivity index (χ3n) is 4.02. The van der Waals surface area contributed by atoms with Crippen molar-refractivity contribution in [3.63, 3.8) is 0 Å². The number of nitrogens with zero attached hydrogens (tertiary/aromatic N) is 1. The lowest BCUT2D eigenvalue weighted by Crippen LogP contribution is -2.49. The van der Waals surface area contributed by atoms with Crippen LogP contribution in [0.1, 0.15) is 39.2 Å². The molecule has 112 valence electrons. The van der Waals surface area contributed by atoms with E-state index in [2.05, 4.69) is 31.0 Å². The second-order valence-electron chi connectivity index (χ2n) is 6.56. The van der Waals surface area contributed by atoms with Crippen molar-refractivity contribution in [3.8, 4) is 0 Å². The van der Waals surface area contributed by atoms with E-state index in [1.807, 2.05) is 0 Å². The van der Waals surface area contributed by atoms with E-state index in [0.717, 1.165) is 31.5 Å². The van der Waals surface area contributed by atoms with Gasteiger partial charge in [0.25, 0.3) is 0 Å². The topological polar surface area (TPSA) is 15.3 Å². The van der Waals surface area contributed by atoms with E-state index < -0.39 is 11.6 Å². The van der Waals surface area contributed by atoms with Crippen LogP contribution in [-0.4, -0.2) is 29.6 Å². The zero-order chi connectivity index (χ0) is 14.8. The molecule has 0 bridgehead atoms. The summed E-state index contributed by atoms with van der Waals surface area (Å²) in [5.41, 5.74) is 1.02. The van der Waals surface area contributed by atoms with Gasteiger partial charge < -0.3 is 5.32 Å². The SMILES string of the molecule is CC(C)(C)N1CCC(NCc2ccc(F)c(F)c2)CC1. The number of benzene rings is 1. The number of piperidine rings is 1. The van der Waals surface area contributed by atoms with Crippen molar-refractivity contribution >= 4 is 0 Å². The Morgan fingerprint density at radius 2 is 1.80 bits per heavy atom. The Morgan fingerprint density at radius 3 is 2.35 bits per heavy atom. The van der Waals surface area contributed by atoms with Crippen molar-refractivity contribution in [2.24, 2.45) is 0 Å². The summed E-state index contributed by atoms with van der Waals surface area (Å²) in [7, 11) is 0. The van der Waals surface area contributed by atoms with E-state index in [-0.39, 0.29) is 5.54 Å². The Bertz CT molecular complexity index is 446. The highest BCUT2D eigenvalue weighted by molar-refractivity contribution is 5.17. The molecule has 1 aromatic rings. The predicted molar refractivity (Wildman–Crippen MR) is 77.5 cm³/mol. The minimum atomic E-state index is -0.785. The van der Waals surface area contributed by atoms with Gasteiger partial charge >= 0.3 is 0 Å². The first-order valence-electron chi connectivity index (χ1n) is 7.28. The number of halogens is 2. The minimum absolute atomic E-state index is 0.227. The first kappa shape index (κ1) is 15.4. The lowest BCUT2D eigenvalue weighted by atomic mass is 9.98. The molecule has 1 N–H and O–H groups in total. The Balaban J connectivity index is 1.80. The molecule has 1 aliphatic heterocycles. The van der Waals surface area contributed by atoms with Gasteiger partial charge in [0, 0.05) is 31.2 Å². The summed E-state index contributed by atoms with van der Waals surface area (Å²) in [4.78, 5) is 2.49. The summed E-state index contributed by atoms with van der Waals surface area (Å²) in [6.07, 6.45) is 2.20. The smallest absolute Gasteiger partial charge is 0.159 e. The van der Waals surface area contributed by atoms with Crippen molar-refractivity contribution in [2.45, 2.75) is 51.7 Å². The molecule has 0 unspecified atom stereocenters. The largest absolute Gasteiger partial charge is 0.310 e. The van der Waals surface area contributed by atoms with Crippen LogP contribution in [0.15, 0.2) is 18.2 Å². The Morgan fingerprint density at radius 1 is 1.15 bits per heavy atom. The van der Waals surface area contributed by atoms with Gasteiger partial charge in [-0.2, -0.15) is 0 Å². The average Bonchev–Trinajstić information content (AvgIpc) is 2.40. The minimum Gasteiger partial charge on any atom is -0.310 e. The van der Waals surface area contributed by atoms with Crippen LogP contribution in [0.25, 0.3) is 0 Å². The molecule has 1 fully saturated rings. The third-order valence-corrected chi connectivity index (χ3v) is 4.02. The normalized spacial score (nSPS) is 18.4. The Hall–Kier alpha value is -1.00. The Kier molecular flexibility index (Phi) is 4.76. The zero-order valence-corrected chi connectivity index (χ0v) is 12.5. The Labute approximate surface area is 120 Å². The zero-order valence-electron chi connectivity index (χ0n) is 12.5. The molecule has 0 atom stereocenters. The van der Waals surface area contributed by atoms with Gasteiger partial charge in [-0.1, -0.05) is 6.07 Å². The van der Waals surface area contributed by atoms with Crippen LogP contribution in [-0.2, 0) is 6.54 Å². The summed E-state index contributed by atoms with van der Waals surface area (Å²) in [5, 5.41) is 3.44. The van der Waals surface area contributed by atoms with Gasteiger partial charge in [-0.15, -0.1) is 0 Å². The monoisotopic (exact) mass is 282 g/mol. The van der Waals surface area contributed by atoms with Crippen LogP contribution in [0.3, 0.4) is 0 Å². The van der Waals surface area contributed by atoms with Crippen molar-refractivity contribution < 1.29 is 8.78 Å².